The van der Waals surface area contributed by atoms with Crippen molar-refractivity contribution in [2.24, 2.45) is 0 Å². The van der Waals surface area contributed by atoms with Gasteiger partial charge in [0.1, 0.15) is 0 Å². The maximum absolute atomic E-state index is 5.89. The molecule has 1 N–H and O–H groups in total. The monoisotopic (exact) mass is 369 g/mol. The molecule has 21 heavy (non-hydrogen) atoms. The van der Waals surface area contributed by atoms with Gasteiger partial charge in [-0.25, -0.2) is 0 Å². The van der Waals surface area contributed by atoms with Crippen molar-refractivity contribution in [3.63, 3.8) is 0 Å². The number of nitrogens with zero attached hydrogens (tertiary/aromatic N) is 2. The zero-order chi connectivity index (χ0) is 15.2. The third kappa shape index (κ3) is 4.31. The molecular formula is C16H21BrClN3. The molecule has 0 radical (unpaired) electrons. The molecule has 2 rings (SSSR count). The number of nitrogens with one attached hydrogen (secondary N) is 1. The molecule has 0 aliphatic heterocycles. The Morgan fingerprint density at radius 1 is 1.24 bits per heavy atom. The number of aryl methyl sites for hydroxylation is 2. The first-order valence-corrected chi connectivity index (χ1v) is 8.52. The standard InChI is InChI=1S/C16H21BrClN3/c1-3-14-16(17)15(21(4-2)20-14)11-19-10-9-12-5-7-13(18)8-6-12/h5-8,19H,3-4,9-11H2,1-2H3. The van der Waals surface area contributed by atoms with Crippen LogP contribution in [0.25, 0.3) is 0 Å². The summed E-state index contributed by atoms with van der Waals surface area (Å²) in [6.45, 7) is 6.91. The molecule has 0 atom stereocenters. The molecule has 0 saturated carbocycles. The van der Waals surface area contributed by atoms with E-state index in [1.807, 2.05) is 12.1 Å². The average molecular weight is 371 g/mol. The first-order chi connectivity index (χ1) is 10.2. The van der Waals surface area contributed by atoms with Gasteiger partial charge in [0.25, 0.3) is 0 Å². The molecule has 1 heterocycles. The Kier molecular flexibility index (Phi) is 6.27. The smallest absolute Gasteiger partial charge is 0.0767 e. The fourth-order valence-corrected chi connectivity index (χ4v) is 3.11. The molecule has 0 aliphatic rings. The van der Waals surface area contributed by atoms with Crippen molar-refractivity contribution in [1.29, 1.82) is 0 Å². The van der Waals surface area contributed by atoms with Crippen molar-refractivity contribution < 1.29 is 0 Å². The summed E-state index contributed by atoms with van der Waals surface area (Å²) >= 11 is 9.56. The van der Waals surface area contributed by atoms with Gasteiger partial charge in [0.2, 0.25) is 0 Å². The molecule has 0 fully saturated rings. The Morgan fingerprint density at radius 2 is 1.95 bits per heavy atom. The summed E-state index contributed by atoms with van der Waals surface area (Å²) in [6, 6.07) is 8.02. The van der Waals surface area contributed by atoms with Crippen molar-refractivity contribution >= 4 is 27.5 Å². The van der Waals surface area contributed by atoms with E-state index >= 15 is 0 Å². The van der Waals surface area contributed by atoms with Crippen LogP contribution in [0.5, 0.6) is 0 Å². The minimum absolute atomic E-state index is 0.787. The van der Waals surface area contributed by atoms with Crippen molar-refractivity contribution in [2.45, 2.75) is 39.8 Å². The van der Waals surface area contributed by atoms with Crippen LogP contribution in [0.1, 0.15) is 30.8 Å². The van der Waals surface area contributed by atoms with Crippen molar-refractivity contribution in [1.82, 2.24) is 15.1 Å². The molecule has 0 bridgehead atoms. The lowest BCUT2D eigenvalue weighted by Gasteiger charge is -2.08. The molecule has 0 amide bonds. The summed E-state index contributed by atoms with van der Waals surface area (Å²) < 4.78 is 3.21. The molecule has 0 aliphatic carbocycles. The van der Waals surface area contributed by atoms with E-state index in [1.54, 1.807) is 0 Å². The van der Waals surface area contributed by atoms with E-state index in [-0.39, 0.29) is 0 Å². The zero-order valence-corrected chi connectivity index (χ0v) is 14.8. The van der Waals surface area contributed by atoms with Crippen LogP contribution in [0.3, 0.4) is 0 Å². The lowest BCUT2D eigenvalue weighted by Crippen LogP contribution is -2.19. The Morgan fingerprint density at radius 3 is 2.57 bits per heavy atom. The number of hydrogen-bond acceptors (Lipinski definition) is 2. The van der Waals surface area contributed by atoms with Crippen LogP contribution >= 0.6 is 27.5 Å². The van der Waals surface area contributed by atoms with E-state index in [4.69, 9.17) is 11.6 Å². The predicted octanol–water partition coefficient (Wildman–Crippen LogP) is 4.21. The molecule has 2 aromatic rings. The highest BCUT2D eigenvalue weighted by molar-refractivity contribution is 9.10. The van der Waals surface area contributed by atoms with Crippen LogP contribution in [0.4, 0.5) is 0 Å². The first-order valence-electron chi connectivity index (χ1n) is 7.34. The van der Waals surface area contributed by atoms with E-state index < -0.39 is 0 Å². The predicted molar refractivity (Wildman–Crippen MR) is 91.8 cm³/mol. The summed E-state index contributed by atoms with van der Waals surface area (Å²) in [5.41, 5.74) is 3.65. The average Bonchev–Trinajstić information content (AvgIpc) is 2.81. The Labute approximate surface area is 139 Å². The van der Waals surface area contributed by atoms with E-state index in [0.29, 0.717) is 0 Å². The second kappa shape index (κ2) is 7.97. The highest BCUT2D eigenvalue weighted by Crippen LogP contribution is 2.22. The van der Waals surface area contributed by atoms with Crippen molar-refractivity contribution in [3.8, 4) is 0 Å². The van der Waals surface area contributed by atoms with E-state index in [9.17, 15) is 0 Å². The van der Waals surface area contributed by atoms with Gasteiger partial charge in [-0.05, 0) is 59.9 Å². The Hall–Kier alpha value is -0.840. The number of benzene rings is 1. The van der Waals surface area contributed by atoms with Crippen LogP contribution in [-0.4, -0.2) is 16.3 Å². The van der Waals surface area contributed by atoms with Crippen LogP contribution in [0.15, 0.2) is 28.7 Å². The topological polar surface area (TPSA) is 29.9 Å². The molecule has 1 aromatic heterocycles. The molecule has 3 nitrogen and oxygen atoms in total. The van der Waals surface area contributed by atoms with E-state index in [1.165, 1.54) is 11.3 Å². The third-order valence-corrected chi connectivity index (χ3v) is 4.66. The maximum Gasteiger partial charge on any atom is 0.0767 e. The second-order valence-electron chi connectivity index (χ2n) is 4.93. The normalized spacial score (nSPS) is 11.0. The largest absolute Gasteiger partial charge is 0.311 e. The molecule has 114 valence electrons. The fraction of sp³-hybridized carbons (Fsp3) is 0.438. The van der Waals surface area contributed by atoms with Gasteiger partial charge < -0.3 is 5.32 Å². The number of hydrogen-bond donors (Lipinski definition) is 1. The third-order valence-electron chi connectivity index (χ3n) is 3.49. The van der Waals surface area contributed by atoms with Gasteiger partial charge in [-0.15, -0.1) is 0 Å². The number of aromatic nitrogens is 2. The van der Waals surface area contributed by atoms with Gasteiger partial charge in [0.05, 0.1) is 15.9 Å². The molecule has 0 spiro atoms. The minimum Gasteiger partial charge on any atom is -0.311 e. The van der Waals surface area contributed by atoms with Gasteiger partial charge in [0, 0.05) is 18.1 Å². The van der Waals surface area contributed by atoms with E-state index in [0.717, 1.165) is 47.7 Å². The van der Waals surface area contributed by atoms with Crippen LogP contribution in [0.2, 0.25) is 5.02 Å². The quantitative estimate of drug-likeness (QED) is 0.740. The number of rotatable bonds is 7. The van der Waals surface area contributed by atoms with Gasteiger partial charge in [-0.3, -0.25) is 4.68 Å². The highest BCUT2D eigenvalue weighted by atomic mass is 79.9. The SMILES string of the molecule is CCc1nn(CC)c(CNCCc2ccc(Cl)cc2)c1Br. The molecular weight excluding hydrogens is 350 g/mol. The van der Waals surface area contributed by atoms with Crippen LogP contribution < -0.4 is 5.32 Å². The van der Waals surface area contributed by atoms with Gasteiger partial charge >= 0.3 is 0 Å². The summed E-state index contributed by atoms with van der Waals surface area (Å²) in [5, 5.41) is 8.89. The Bertz CT molecular complexity index is 578. The van der Waals surface area contributed by atoms with E-state index in [2.05, 4.69) is 57.0 Å². The molecule has 0 saturated heterocycles. The van der Waals surface area contributed by atoms with Crippen molar-refractivity contribution in [3.05, 3.63) is 50.7 Å². The van der Waals surface area contributed by atoms with Gasteiger partial charge in [0.15, 0.2) is 0 Å². The lowest BCUT2D eigenvalue weighted by atomic mass is 10.1. The summed E-state index contributed by atoms with van der Waals surface area (Å²) in [5.74, 6) is 0. The summed E-state index contributed by atoms with van der Waals surface area (Å²) in [7, 11) is 0. The second-order valence-corrected chi connectivity index (χ2v) is 6.16. The fourth-order valence-electron chi connectivity index (χ4n) is 2.28. The minimum atomic E-state index is 0.787. The molecule has 1 aromatic carbocycles. The highest BCUT2D eigenvalue weighted by Gasteiger charge is 2.12. The summed E-state index contributed by atoms with van der Waals surface area (Å²) in [6.07, 6.45) is 1.95. The van der Waals surface area contributed by atoms with Gasteiger partial charge in [-0.2, -0.15) is 5.10 Å². The van der Waals surface area contributed by atoms with Crippen molar-refractivity contribution in [2.75, 3.05) is 6.54 Å². The summed E-state index contributed by atoms with van der Waals surface area (Å²) in [4.78, 5) is 0. The maximum atomic E-state index is 5.89. The van der Waals surface area contributed by atoms with Crippen LogP contribution in [0, 0.1) is 0 Å². The zero-order valence-electron chi connectivity index (χ0n) is 12.5. The Balaban J connectivity index is 1.88. The molecule has 5 heteroatoms. The first kappa shape index (κ1) is 16.5. The molecule has 0 unspecified atom stereocenters. The number of halogens is 2. The van der Waals surface area contributed by atoms with Crippen LogP contribution in [-0.2, 0) is 25.9 Å². The lowest BCUT2D eigenvalue weighted by molar-refractivity contribution is 0.577. The van der Waals surface area contributed by atoms with Gasteiger partial charge in [-0.1, -0.05) is 30.7 Å².